The molecule has 1 aromatic rings. The van der Waals surface area contributed by atoms with Gasteiger partial charge in [0.15, 0.2) is 12.2 Å². The Kier molecular flexibility index (Phi) is 7.39. The van der Waals surface area contributed by atoms with E-state index in [1.165, 1.54) is 6.92 Å². The lowest BCUT2D eigenvalue weighted by Gasteiger charge is -2.18. The zero-order valence-electron chi connectivity index (χ0n) is 13.4. The summed E-state index contributed by atoms with van der Waals surface area (Å²) in [6, 6.07) is 7.36. The van der Waals surface area contributed by atoms with Gasteiger partial charge in [-0.1, -0.05) is 12.1 Å². The van der Waals surface area contributed by atoms with E-state index in [4.69, 9.17) is 14.2 Å². The summed E-state index contributed by atoms with van der Waals surface area (Å²) in [5, 5.41) is 2.60. The molecule has 0 unspecified atom stereocenters. The second kappa shape index (κ2) is 9.04. The molecule has 1 rings (SSSR count). The minimum atomic E-state index is -0.882. The molecule has 0 saturated heterocycles. The van der Waals surface area contributed by atoms with Crippen LogP contribution in [0.5, 0.6) is 5.75 Å². The maximum absolute atomic E-state index is 11.9. The van der Waals surface area contributed by atoms with E-state index in [1.807, 2.05) is 25.1 Å². The molecule has 0 spiro atoms. The molecule has 0 heterocycles. The number of aryl methyl sites for hydroxylation is 1. The molecule has 6 nitrogen and oxygen atoms in total. The fourth-order valence-corrected chi connectivity index (χ4v) is 1.68. The van der Waals surface area contributed by atoms with E-state index in [1.54, 1.807) is 20.1 Å². The molecule has 22 heavy (non-hydrogen) atoms. The second-order valence-corrected chi connectivity index (χ2v) is 4.94. The number of rotatable bonds is 8. The standard InChI is InChI=1S/C16H23NO5/c1-11-6-5-7-14(10-11)21-13(3)16(19)22-12(2)15(18)17-8-9-20-4/h5-7,10,12-13H,8-9H2,1-4H3,(H,17,18)/t12-,13-/m0/s1. The van der Waals surface area contributed by atoms with Gasteiger partial charge in [-0.25, -0.2) is 4.79 Å². The molecule has 0 aromatic heterocycles. The van der Waals surface area contributed by atoms with Crippen LogP contribution in [0, 0.1) is 6.92 Å². The van der Waals surface area contributed by atoms with Crippen molar-refractivity contribution in [3.8, 4) is 5.75 Å². The zero-order chi connectivity index (χ0) is 16.5. The van der Waals surface area contributed by atoms with E-state index in [2.05, 4.69) is 5.32 Å². The molecule has 0 fully saturated rings. The van der Waals surface area contributed by atoms with Crippen LogP contribution >= 0.6 is 0 Å². The third kappa shape index (κ3) is 6.13. The molecular weight excluding hydrogens is 286 g/mol. The first-order valence-electron chi connectivity index (χ1n) is 7.14. The number of amides is 1. The van der Waals surface area contributed by atoms with Crippen LogP contribution < -0.4 is 10.1 Å². The number of ether oxygens (including phenoxy) is 3. The van der Waals surface area contributed by atoms with Crippen LogP contribution in [-0.2, 0) is 19.1 Å². The molecule has 6 heteroatoms. The van der Waals surface area contributed by atoms with Crippen LogP contribution in [0.1, 0.15) is 19.4 Å². The lowest BCUT2D eigenvalue weighted by Crippen LogP contribution is -2.39. The van der Waals surface area contributed by atoms with E-state index >= 15 is 0 Å². The number of methoxy groups -OCH3 is 1. The fraction of sp³-hybridized carbons (Fsp3) is 0.500. The Bertz CT molecular complexity index is 503. The average molecular weight is 309 g/mol. The van der Waals surface area contributed by atoms with Gasteiger partial charge in [0.25, 0.3) is 5.91 Å². The third-order valence-corrected chi connectivity index (χ3v) is 2.90. The first-order valence-corrected chi connectivity index (χ1v) is 7.14. The van der Waals surface area contributed by atoms with Crippen molar-refractivity contribution in [2.24, 2.45) is 0 Å². The molecule has 0 aliphatic carbocycles. The Balaban J connectivity index is 2.44. The highest BCUT2D eigenvalue weighted by Gasteiger charge is 2.22. The van der Waals surface area contributed by atoms with Gasteiger partial charge < -0.3 is 19.5 Å². The largest absolute Gasteiger partial charge is 0.479 e. The first kappa shape index (κ1) is 18.0. The van der Waals surface area contributed by atoms with Crippen molar-refractivity contribution in [3.63, 3.8) is 0 Å². The number of nitrogens with one attached hydrogen (secondary N) is 1. The fourth-order valence-electron chi connectivity index (χ4n) is 1.68. The van der Waals surface area contributed by atoms with Crippen molar-refractivity contribution in [2.75, 3.05) is 20.3 Å². The molecule has 122 valence electrons. The molecule has 0 radical (unpaired) electrons. The summed E-state index contributed by atoms with van der Waals surface area (Å²) in [4.78, 5) is 23.6. The Labute approximate surface area is 130 Å². The van der Waals surface area contributed by atoms with Gasteiger partial charge in [0.1, 0.15) is 5.75 Å². The molecule has 1 aromatic carbocycles. The summed E-state index contributed by atoms with van der Waals surface area (Å²) >= 11 is 0. The quantitative estimate of drug-likeness (QED) is 0.581. The Hall–Kier alpha value is -2.08. The molecule has 0 aliphatic rings. The molecule has 0 saturated carbocycles. The normalized spacial score (nSPS) is 13.1. The van der Waals surface area contributed by atoms with Crippen LogP contribution in [0.3, 0.4) is 0 Å². The topological polar surface area (TPSA) is 73.9 Å². The highest BCUT2D eigenvalue weighted by molar-refractivity contribution is 5.84. The van der Waals surface area contributed by atoms with Gasteiger partial charge in [-0.05, 0) is 38.5 Å². The second-order valence-electron chi connectivity index (χ2n) is 4.94. The third-order valence-electron chi connectivity index (χ3n) is 2.90. The summed E-state index contributed by atoms with van der Waals surface area (Å²) in [6.45, 7) is 5.80. The van der Waals surface area contributed by atoms with Gasteiger partial charge in [0.2, 0.25) is 0 Å². The van der Waals surface area contributed by atoms with Crippen LogP contribution in [-0.4, -0.2) is 44.3 Å². The average Bonchev–Trinajstić information content (AvgIpc) is 2.47. The monoisotopic (exact) mass is 309 g/mol. The lowest BCUT2D eigenvalue weighted by atomic mass is 10.2. The zero-order valence-corrected chi connectivity index (χ0v) is 13.4. The maximum atomic E-state index is 11.9. The van der Waals surface area contributed by atoms with Crippen LogP contribution in [0.2, 0.25) is 0 Å². The summed E-state index contributed by atoms with van der Waals surface area (Å²) in [5.74, 6) is -0.370. The Morgan fingerprint density at radius 1 is 1.23 bits per heavy atom. The number of hydrogen-bond acceptors (Lipinski definition) is 5. The molecule has 1 N–H and O–H groups in total. The smallest absolute Gasteiger partial charge is 0.347 e. The number of carbonyl (C=O) groups excluding carboxylic acids is 2. The summed E-state index contributed by atoms with van der Waals surface area (Å²) in [6.07, 6.45) is -1.68. The van der Waals surface area contributed by atoms with Gasteiger partial charge in [-0.3, -0.25) is 4.79 Å². The highest BCUT2D eigenvalue weighted by Crippen LogP contribution is 2.14. The van der Waals surface area contributed by atoms with E-state index in [0.717, 1.165) is 5.56 Å². The number of esters is 1. The number of hydrogen-bond donors (Lipinski definition) is 1. The van der Waals surface area contributed by atoms with E-state index < -0.39 is 18.2 Å². The molecule has 0 aliphatic heterocycles. The van der Waals surface area contributed by atoms with Crippen molar-refractivity contribution < 1.29 is 23.8 Å². The number of carbonyl (C=O) groups is 2. The predicted molar refractivity (Wildman–Crippen MR) is 81.7 cm³/mol. The van der Waals surface area contributed by atoms with Gasteiger partial charge in [-0.2, -0.15) is 0 Å². The van der Waals surface area contributed by atoms with Crippen molar-refractivity contribution >= 4 is 11.9 Å². The minimum absolute atomic E-state index is 0.367. The van der Waals surface area contributed by atoms with E-state index in [0.29, 0.717) is 18.9 Å². The van der Waals surface area contributed by atoms with Crippen molar-refractivity contribution in [3.05, 3.63) is 29.8 Å². The SMILES string of the molecule is COCCNC(=O)[C@H](C)OC(=O)[C@H](C)Oc1cccc(C)c1. The summed E-state index contributed by atoms with van der Waals surface area (Å²) in [7, 11) is 1.54. The van der Waals surface area contributed by atoms with Gasteiger partial charge >= 0.3 is 5.97 Å². The van der Waals surface area contributed by atoms with Gasteiger partial charge in [-0.15, -0.1) is 0 Å². The molecule has 0 bridgehead atoms. The first-order chi connectivity index (χ1) is 10.4. The Morgan fingerprint density at radius 3 is 2.59 bits per heavy atom. The van der Waals surface area contributed by atoms with Crippen LogP contribution in [0.4, 0.5) is 0 Å². The molecule has 2 atom stereocenters. The van der Waals surface area contributed by atoms with Gasteiger partial charge in [0.05, 0.1) is 6.61 Å². The molecule has 1 amide bonds. The lowest BCUT2D eigenvalue weighted by molar-refractivity contribution is -0.160. The molecular formula is C16H23NO5. The predicted octanol–water partition coefficient (Wildman–Crippen LogP) is 1.46. The van der Waals surface area contributed by atoms with Crippen LogP contribution in [0.15, 0.2) is 24.3 Å². The maximum Gasteiger partial charge on any atom is 0.347 e. The van der Waals surface area contributed by atoms with Gasteiger partial charge in [0, 0.05) is 13.7 Å². The van der Waals surface area contributed by atoms with Crippen molar-refractivity contribution in [1.82, 2.24) is 5.32 Å². The summed E-state index contributed by atoms with van der Waals surface area (Å²) in [5.41, 5.74) is 1.03. The van der Waals surface area contributed by atoms with E-state index in [-0.39, 0.29) is 5.91 Å². The summed E-state index contributed by atoms with van der Waals surface area (Å²) < 4.78 is 15.4. The number of benzene rings is 1. The minimum Gasteiger partial charge on any atom is -0.479 e. The van der Waals surface area contributed by atoms with Crippen LogP contribution in [0.25, 0.3) is 0 Å². The van der Waals surface area contributed by atoms with E-state index in [9.17, 15) is 9.59 Å². The van der Waals surface area contributed by atoms with Crippen molar-refractivity contribution in [1.29, 1.82) is 0 Å². The highest BCUT2D eigenvalue weighted by atomic mass is 16.6. The van der Waals surface area contributed by atoms with Crippen molar-refractivity contribution in [2.45, 2.75) is 33.0 Å². The Morgan fingerprint density at radius 2 is 1.95 bits per heavy atom.